The number of piperazine rings is 1. The molecule has 0 saturated carbocycles. The summed E-state index contributed by atoms with van der Waals surface area (Å²) in [5, 5.41) is 3.31. The van der Waals surface area contributed by atoms with Gasteiger partial charge >= 0.3 is 0 Å². The van der Waals surface area contributed by atoms with Crippen molar-refractivity contribution in [3.63, 3.8) is 0 Å². The van der Waals surface area contributed by atoms with E-state index in [1.54, 1.807) is 0 Å². The third-order valence-corrected chi connectivity index (χ3v) is 5.05. The molecule has 0 radical (unpaired) electrons. The van der Waals surface area contributed by atoms with Crippen LogP contribution in [0.2, 0.25) is 0 Å². The molecule has 0 aromatic rings. The van der Waals surface area contributed by atoms with Gasteiger partial charge in [-0.05, 0) is 19.4 Å². The molecule has 3 aliphatic rings. The van der Waals surface area contributed by atoms with Gasteiger partial charge in [-0.3, -0.25) is 14.5 Å². The largest absolute Gasteiger partial charge is 0.378 e. The number of rotatable bonds is 3. The molecule has 1 unspecified atom stereocenters. The summed E-state index contributed by atoms with van der Waals surface area (Å²) in [6.45, 7) is 8.06. The number of piperidine rings is 1. The lowest BCUT2D eigenvalue weighted by molar-refractivity contribution is -0.139. The molecule has 25 heavy (non-hydrogen) atoms. The van der Waals surface area contributed by atoms with E-state index >= 15 is 0 Å². The second-order valence-electron chi connectivity index (χ2n) is 6.64. The molecule has 3 rings (SSSR count). The Morgan fingerprint density at radius 3 is 2.24 bits per heavy atom. The van der Waals surface area contributed by atoms with Crippen molar-refractivity contribution in [2.24, 2.45) is 5.92 Å². The standard InChI is InChI=1S/C16H28N4O3.2ClH/c21-15(19-8-10-23-11-9-19)13-18-4-6-20(7-5-18)16(22)14-2-1-3-17-12-14;;/h14,17H,1-13H2;2*1H. The zero-order valence-corrected chi connectivity index (χ0v) is 16.3. The molecule has 146 valence electrons. The molecule has 3 saturated heterocycles. The maximum Gasteiger partial charge on any atom is 0.236 e. The monoisotopic (exact) mass is 396 g/mol. The van der Waals surface area contributed by atoms with E-state index in [0.29, 0.717) is 32.8 Å². The van der Waals surface area contributed by atoms with Crippen molar-refractivity contribution in [3.8, 4) is 0 Å². The lowest BCUT2D eigenvalue weighted by Crippen LogP contribution is -2.54. The van der Waals surface area contributed by atoms with E-state index in [1.165, 1.54) is 0 Å². The van der Waals surface area contributed by atoms with Gasteiger partial charge in [0.25, 0.3) is 0 Å². The molecule has 0 aromatic heterocycles. The van der Waals surface area contributed by atoms with Gasteiger partial charge in [0.05, 0.1) is 25.7 Å². The minimum absolute atomic E-state index is 0. The van der Waals surface area contributed by atoms with Crippen molar-refractivity contribution >= 4 is 36.6 Å². The highest BCUT2D eigenvalue weighted by Gasteiger charge is 2.29. The molecule has 1 atom stereocenters. The lowest BCUT2D eigenvalue weighted by Gasteiger charge is -2.38. The van der Waals surface area contributed by atoms with Crippen molar-refractivity contribution < 1.29 is 14.3 Å². The predicted octanol–water partition coefficient (Wildman–Crippen LogP) is -0.167. The molecule has 0 bridgehead atoms. The molecular formula is C16H30Cl2N4O3. The topological polar surface area (TPSA) is 65.1 Å². The molecule has 1 N–H and O–H groups in total. The number of amides is 2. The number of nitrogens with one attached hydrogen (secondary N) is 1. The lowest BCUT2D eigenvalue weighted by atomic mass is 9.98. The van der Waals surface area contributed by atoms with Gasteiger partial charge in [0.15, 0.2) is 0 Å². The third-order valence-electron chi connectivity index (χ3n) is 5.05. The molecule has 3 heterocycles. The first-order valence-corrected chi connectivity index (χ1v) is 8.81. The Kier molecular flexibility index (Phi) is 10.0. The number of halogens is 2. The van der Waals surface area contributed by atoms with Crippen molar-refractivity contribution in [2.75, 3.05) is 72.1 Å². The van der Waals surface area contributed by atoms with Crippen molar-refractivity contribution in [2.45, 2.75) is 12.8 Å². The second kappa shape index (κ2) is 11.2. The first-order chi connectivity index (χ1) is 11.2. The van der Waals surface area contributed by atoms with Crippen molar-refractivity contribution in [1.29, 1.82) is 0 Å². The molecule has 0 aliphatic carbocycles. The van der Waals surface area contributed by atoms with E-state index in [9.17, 15) is 9.59 Å². The van der Waals surface area contributed by atoms with E-state index in [0.717, 1.165) is 52.1 Å². The molecule has 7 nitrogen and oxygen atoms in total. The van der Waals surface area contributed by atoms with Gasteiger partial charge in [0.2, 0.25) is 11.8 Å². The molecule has 2 amide bonds. The number of ether oxygens (including phenoxy) is 1. The molecule has 0 aromatic carbocycles. The van der Waals surface area contributed by atoms with Crippen LogP contribution in [0.4, 0.5) is 0 Å². The van der Waals surface area contributed by atoms with E-state index in [2.05, 4.69) is 10.2 Å². The summed E-state index contributed by atoms with van der Waals surface area (Å²) in [5.74, 6) is 0.617. The summed E-state index contributed by atoms with van der Waals surface area (Å²) in [6, 6.07) is 0. The quantitative estimate of drug-likeness (QED) is 0.717. The highest BCUT2D eigenvalue weighted by molar-refractivity contribution is 5.85. The fourth-order valence-corrected chi connectivity index (χ4v) is 3.55. The van der Waals surface area contributed by atoms with Gasteiger partial charge in [0.1, 0.15) is 0 Å². The second-order valence-corrected chi connectivity index (χ2v) is 6.64. The minimum Gasteiger partial charge on any atom is -0.378 e. The summed E-state index contributed by atoms with van der Waals surface area (Å²) in [4.78, 5) is 30.8. The number of carbonyl (C=O) groups is 2. The number of hydrogen-bond acceptors (Lipinski definition) is 5. The van der Waals surface area contributed by atoms with Crippen molar-refractivity contribution in [1.82, 2.24) is 20.0 Å². The summed E-state index contributed by atoms with van der Waals surface area (Å²) in [5.41, 5.74) is 0. The highest BCUT2D eigenvalue weighted by Crippen LogP contribution is 2.15. The van der Waals surface area contributed by atoms with Crippen LogP contribution in [0.1, 0.15) is 12.8 Å². The first kappa shape index (κ1) is 22.4. The Balaban J connectivity index is 0.00000156. The number of morpholine rings is 1. The zero-order chi connectivity index (χ0) is 16.1. The van der Waals surface area contributed by atoms with Gasteiger partial charge in [-0.1, -0.05) is 0 Å². The normalized spacial score (nSPS) is 24.9. The van der Waals surface area contributed by atoms with Gasteiger partial charge in [-0.15, -0.1) is 24.8 Å². The van der Waals surface area contributed by atoms with Crippen molar-refractivity contribution in [3.05, 3.63) is 0 Å². The Bertz CT molecular complexity index is 422. The van der Waals surface area contributed by atoms with Gasteiger partial charge in [-0.2, -0.15) is 0 Å². The van der Waals surface area contributed by atoms with Crippen LogP contribution in [0.25, 0.3) is 0 Å². The number of hydrogen-bond donors (Lipinski definition) is 1. The first-order valence-electron chi connectivity index (χ1n) is 8.81. The predicted molar refractivity (Wildman–Crippen MR) is 101 cm³/mol. The van der Waals surface area contributed by atoms with E-state index in [1.807, 2.05) is 9.80 Å². The summed E-state index contributed by atoms with van der Waals surface area (Å²) < 4.78 is 5.28. The summed E-state index contributed by atoms with van der Waals surface area (Å²) in [6.07, 6.45) is 2.09. The third kappa shape index (κ3) is 6.25. The molecule has 9 heteroatoms. The summed E-state index contributed by atoms with van der Waals surface area (Å²) >= 11 is 0. The van der Waals surface area contributed by atoms with Gasteiger partial charge in [0, 0.05) is 45.8 Å². The maximum absolute atomic E-state index is 12.5. The summed E-state index contributed by atoms with van der Waals surface area (Å²) in [7, 11) is 0. The maximum atomic E-state index is 12.5. The smallest absolute Gasteiger partial charge is 0.236 e. The Morgan fingerprint density at radius 1 is 0.960 bits per heavy atom. The average molecular weight is 397 g/mol. The van der Waals surface area contributed by atoms with Crippen LogP contribution in [0.15, 0.2) is 0 Å². The number of carbonyl (C=O) groups excluding carboxylic acids is 2. The van der Waals surface area contributed by atoms with Crippen LogP contribution in [-0.4, -0.2) is 98.6 Å². The highest BCUT2D eigenvalue weighted by atomic mass is 35.5. The van der Waals surface area contributed by atoms with E-state index < -0.39 is 0 Å². The molecule has 3 aliphatic heterocycles. The molecule has 0 spiro atoms. The van der Waals surface area contributed by atoms with Gasteiger partial charge in [-0.25, -0.2) is 0 Å². The van der Waals surface area contributed by atoms with Crippen LogP contribution in [-0.2, 0) is 14.3 Å². The minimum atomic E-state index is 0. The van der Waals surface area contributed by atoms with Crippen LogP contribution in [0, 0.1) is 5.92 Å². The Morgan fingerprint density at radius 2 is 1.64 bits per heavy atom. The Hall–Kier alpha value is -0.600. The van der Waals surface area contributed by atoms with E-state index in [-0.39, 0.29) is 42.5 Å². The average Bonchev–Trinajstić information content (AvgIpc) is 2.63. The fraction of sp³-hybridized carbons (Fsp3) is 0.875. The van der Waals surface area contributed by atoms with Crippen LogP contribution >= 0.6 is 24.8 Å². The van der Waals surface area contributed by atoms with Gasteiger partial charge < -0.3 is 19.9 Å². The van der Waals surface area contributed by atoms with E-state index in [4.69, 9.17) is 4.74 Å². The fourth-order valence-electron chi connectivity index (χ4n) is 3.55. The van der Waals surface area contributed by atoms with Crippen LogP contribution < -0.4 is 5.32 Å². The molecular weight excluding hydrogens is 367 g/mol. The SMILES string of the molecule is Cl.Cl.O=C(CN1CCN(C(=O)C2CCCNC2)CC1)N1CCOCC1. The Labute approximate surface area is 162 Å². The molecule has 3 fully saturated rings. The zero-order valence-electron chi connectivity index (χ0n) is 14.7. The van der Waals surface area contributed by atoms with Crippen LogP contribution in [0.3, 0.4) is 0 Å². The number of nitrogens with zero attached hydrogens (tertiary/aromatic N) is 3. The van der Waals surface area contributed by atoms with Crippen LogP contribution in [0.5, 0.6) is 0 Å².